The first kappa shape index (κ1) is 18.1. The zero-order valence-electron chi connectivity index (χ0n) is 12.4. The maximum absolute atomic E-state index is 13.9. The summed E-state index contributed by atoms with van der Waals surface area (Å²) in [5.41, 5.74) is 6.19. The summed E-state index contributed by atoms with van der Waals surface area (Å²) in [7, 11) is 0. The van der Waals surface area contributed by atoms with Crippen molar-refractivity contribution < 1.29 is 8.78 Å². The van der Waals surface area contributed by atoms with Crippen LogP contribution in [0.15, 0.2) is 23.2 Å². The minimum absolute atomic E-state index is 0. The van der Waals surface area contributed by atoms with E-state index in [1.807, 2.05) is 18.7 Å². The van der Waals surface area contributed by atoms with Gasteiger partial charge in [0.25, 0.3) is 0 Å². The van der Waals surface area contributed by atoms with Crippen molar-refractivity contribution in [3.8, 4) is 0 Å². The SMILES string of the molecule is CCN(CC)C(N)=NCC1(c2ccc(F)cc2F)CC1.I. The lowest BCUT2D eigenvalue weighted by molar-refractivity contribution is 0.456. The van der Waals surface area contributed by atoms with Gasteiger partial charge >= 0.3 is 0 Å². The summed E-state index contributed by atoms with van der Waals surface area (Å²) in [6.07, 6.45) is 1.73. The molecule has 2 N–H and O–H groups in total. The van der Waals surface area contributed by atoms with Gasteiger partial charge in [-0.2, -0.15) is 0 Å². The number of hydrogen-bond acceptors (Lipinski definition) is 1. The summed E-state index contributed by atoms with van der Waals surface area (Å²) in [5.74, 6) is -0.545. The van der Waals surface area contributed by atoms with Crippen LogP contribution in [0.25, 0.3) is 0 Å². The van der Waals surface area contributed by atoms with E-state index < -0.39 is 11.6 Å². The highest BCUT2D eigenvalue weighted by Gasteiger charge is 2.46. The Bertz CT molecular complexity index is 512. The number of guanidine groups is 1. The number of nitrogens with zero attached hydrogens (tertiary/aromatic N) is 2. The third-order valence-corrected chi connectivity index (χ3v) is 3.99. The van der Waals surface area contributed by atoms with Crippen molar-refractivity contribution in [2.75, 3.05) is 19.6 Å². The zero-order valence-corrected chi connectivity index (χ0v) is 14.7. The number of nitrogens with two attached hydrogens (primary N) is 1. The number of halogens is 3. The molecule has 0 amide bonds. The highest BCUT2D eigenvalue weighted by Crippen LogP contribution is 2.49. The van der Waals surface area contributed by atoms with Gasteiger partial charge in [-0.15, -0.1) is 24.0 Å². The maximum atomic E-state index is 13.9. The molecule has 1 saturated carbocycles. The Morgan fingerprint density at radius 1 is 1.29 bits per heavy atom. The lowest BCUT2D eigenvalue weighted by Crippen LogP contribution is -2.37. The number of hydrogen-bond donors (Lipinski definition) is 1. The molecular weight excluding hydrogens is 387 g/mol. The summed E-state index contributed by atoms with van der Waals surface area (Å²) in [6.45, 7) is 6.07. The molecule has 0 atom stereocenters. The Labute approximate surface area is 141 Å². The first-order valence-electron chi connectivity index (χ1n) is 7.03. The molecule has 0 spiro atoms. The summed E-state index contributed by atoms with van der Waals surface area (Å²) in [6, 6.07) is 3.77. The minimum atomic E-state index is -0.548. The molecule has 21 heavy (non-hydrogen) atoms. The fourth-order valence-electron chi connectivity index (χ4n) is 2.46. The van der Waals surface area contributed by atoms with Crippen LogP contribution < -0.4 is 5.73 Å². The Kier molecular flexibility index (Phi) is 6.37. The largest absolute Gasteiger partial charge is 0.370 e. The molecule has 1 aliphatic rings. The number of rotatable bonds is 5. The van der Waals surface area contributed by atoms with Crippen LogP contribution >= 0.6 is 24.0 Å². The van der Waals surface area contributed by atoms with E-state index in [-0.39, 0.29) is 29.4 Å². The van der Waals surface area contributed by atoms with Crippen LogP contribution in [-0.4, -0.2) is 30.5 Å². The zero-order chi connectivity index (χ0) is 14.8. The quantitative estimate of drug-likeness (QED) is 0.461. The molecule has 6 heteroatoms. The lowest BCUT2D eigenvalue weighted by atomic mass is 9.95. The maximum Gasteiger partial charge on any atom is 0.191 e. The van der Waals surface area contributed by atoms with E-state index in [2.05, 4.69) is 4.99 Å². The van der Waals surface area contributed by atoms with E-state index >= 15 is 0 Å². The Morgan fingerprint density at radius 2 is 1.90 bits per heavy atom. The van der Waals surface area contributed by atoms with Gasteiger partial charge in [-0.1, -0.05) is 6.07 Å². The minimum Gasteiger partial charge on any atom is -0.370 e. The van der Waals surface area contributed by atoms with E-state index in [4.69, 9.17) is 5.73 Å². The molecule has 0 unspecified atom stereocenters. The molecule has 0 aromatic heterocycles. The van der Waals surface area contributed by atoms with E-state index in [0.717, 1.165) is 32.0 Å². The monoisotopic (exact) mass is 409 g/mol. The topological polar surface area (TPSA) is 41.6 Å². The molecule has 118 valence electrons. The third kappa shape index (κ3) is 4.05. The summed E-state index contributed by atoms with van der Waals surface area (Å²) in [5, 5.41) is 0. The molecule has 2 rings (SSSR count). The fraction of sp³-hybridized carbons (Fsp3) is 0.533. The Morgan fingerprint density at radius 3 is 2.38 bits per heavy atom. The Balaban J connectivity index is 0.00000220. The average Bonchev–Trinajstić information content (AvgIpc) is 3.19. The van der Waals surface area contributed by atoms with Crippen LogP contribution in [0, 0.1) is 11.6 Å². The Hall–Kier alpha value is -0.920. The molecule has 1 fully saturated rings. The fourth-order valence-corrected chi connectivity index (χ4v) is 2.46. The summed E-state index contributed by atoms with van der Waals surface area (Å²) < 4.78 is 26.8. The first-order valence-corrected chi connectivity index (χ1v) is 7.03. The molecule has 0 aliphatic heterocycles. The van der Waals surface area contributed by atoms with Crippen LogP contribution in [0.5, 0.6) is 0 Å². The molecule has 0 saturated heterocycles. The smallest absolute Gasteiger partial charge is 0.191 e. The van der Waals surface area contributed by atoms with Gasteiger partial charge in [0.2, 0.25) is 0 Å². The van der Waals surface area contributed by atoms with E-state index in [0.29, 0.717) is 18.1 Å². The van der Waals surface area contributed by atoms with Crippen molar-refractivity contribution in [2.45, 2.75) is 32.1 Å². The second-order valence-corrected chi connectivity index (χ2v) is 5.25. The molecule has 0 heterocycles. The standard InChI is InChI=1S/C15H21F2N3.HI/c1-3-20(4-2)14(18)19-10-15(7-8-15)12-6-5-11(16)9-13(12)17;/h5-6,9H,3-4,7-8,10H2,1-2H3,(H2,18,19);1H. The van der Waals surface area contributed by atoms with Gasteiger partial charge in [0, 0.05) is 24.6 Å². The van der Waals surface area contributed by atoms with Gasteiger partial charge in [-0.05, 0) is 38.3 Å². The molecule has 3 nitrogen and oxygen atoms in total. The van der Waals surface area contributed by atoms with E-state index in [9.17, 15) is 8.78 Å². The second kappa shape index (κ2) is 7.38. The highest BCUT2D eigenvalue weighted by atomic mass is 127. The van der Waals surface area contributed by atoms with Crippen molar-refractivity contribution in [1.29, 1.82) is 0 Å². The van der Waals surface area contributed by atoms with Gasteiger partial charge in [-0.25, -0.2) is 8.78 Å². The van der Waals surface area contributed by atoms with E-state index in [1.54, 1.807) is 0 Å². The summed E-state index contributed by atoms with van der Waals surface area (Å²) >= 11 is 0. The van der Waals surface area contributed by atoms with Gasteiger partial charge in [0.15, 0.2) is 5.96 Å². The van der Waals surface area contributed by atoms with E-state index in [1.165, 1.54) is 12.1 Å². The van der Waals surface area contributed by atoms with Crippen molar-refractivity contribution in [3.63, 3.8) is 0 Å². The highest BCUT2D eigenvalue weighted by molar-refractivity contribution is 14.0. The summed E-state index contributed by atoms with van der Waals surface area (Å²) in [4.78, 5) is 6.36. The predicted molar refractivity (Wildman–Crippen MR) is 92.1 cm³/mol. The van der Waals surface area contributed by atoms with Crippen molar-refractivity contribution in [3.05, 3.63) is 35.4 Å². The molecule has 1 aliphatic carbocycles. The second-order valence-electron chi connectivity index (χ2n) is 5.25. The molecule has 0 radical (unpaired) electrons. The predicted octanol–water partition coefficient (Wildman–Crippen LogP) is 3.27. The van der Waals surface area contributed by atoms with Gasteiger partial charge < -0.3 is 10.6 Å². The van der Waals surface area contributed by atoms with Crippen molar-refractivity contribution >= 4 is 29.9 Å². The van der Waals surface area contributed by atoms with Crippen LogP contribution in [-0.2, 0) is 5.41 Å². The van der Waals surface area contributed by atoms with Gasteiger partial charge in [0.1, 0.15) is 11.6 Å². The average molecular weight is 409 g/mol. The van der Waals surface area contributed by atoms with Crippen molar-refractivity contribution in [2.24, 2.45) is 10.7 Å². The number of aliphatic imine (C=N–C) groups is 1. The molecular formula is C15H22F2IN3. The van der Waals surface area contributed by atoms with Gasteiger partial charge in [0.05, 0.1) is 6.54 Å². The van der Waals surface area contributed by atoms with Crippen LogP contribution in [0.2, 0.25) is 0 Å². The first-order chi connectivity index (χ1) is 9.52. The third-order valence-electron chi connectivity index (χ3n) is 3.99. The normalized spacial score (nSPS) is 16.3. The van der Waals surface area contributed by atoms with Crippen LogP contribution in [0.1, 0.15) is 32.3 Å². The molecule has 1 aromatic carbocycles. The molecule has 1 aromatic rings. The van der Waals surface area contributed by atoms with Crippen LogP contribution in [0.4, 0.5) is 8.78 Å². The van der Waals surface area contributed by atoms with Crippen molar-refractivity contribution in [1.82, 2.24) is 4.90 Å². The van der Waals surface area contributed by atoms with Crippen LogP contribution in [0.3, 0.4) is 0 Å². The lowest BCUT2D eigenvalue weighted by Gasteiger charge is -2.21. The number of benzene rings is 1. The van der Waals surface area contributed by atoms with Gasteiger partial charge in [-0.3, -0.25) is 4.99 Å². The molecule has 0 bridgehead atoms.